The Morgan fingerprint density at radius 3 is 2.88 bits per heavy atom. The Labute approximate surface area is 96.8 Å². The average Bonchev–Trinajstić information content (AvgIpc) is 2.30. The molecule has 5 heteroatoms. The van der Waals surface area contributed by atoms with Crippen molar-refractivity contribution < 1.29 is 4.74 Å². The minimum absolute atomic E-state index is 0.615. The van der Waals surface area contributed by atoms with E-state index in [1.54, 1.807) is 0 Å². The molecular weight excluding hydrogens is 204 g/mol. The Bertz CT molecular complexity index is 306. The van der Waals surface area contributed by atoms with E-state index in [9.17, 15) is 0 Å². The second-order valence-electron chi connectivity index (χ2n) is 3.50. The maximum atomic E-state index is 5.29. The zero-order chi connectivity index (χ0) is 11.8. The van der Waals surface area contributed by atoms with E-state index in [0.717, 1.165) is 25.5 Å². The minimum Gasteiger partial charge on any atom is -0.478 e. The molecule has 0 aliphatic heterocycles. The number of hydrogen-bond donors (Lipinski definition) is 1. The smallest absolute Gasteiger partial charge is 0.218 e. The van der Waals surface area contributed by atoms with Gasteiger partial charge < -0.3 is 15.0 Å². The number of nitrogens with zero attached hydrogens (tertiary/aromatic N) is 3. The van der Waals surface area contributed by atoms with Crippen molar-refractivity contribution in [2.24, 2.45) is 0 Å². The number of likely N-dealkylation sites (N-methyl/N-ethyl adjacent to an activating group) is 1. The van der Waals surface area contributed by atoms with Gasteiger partial charge in [-0.2, -0.15) is 0 Å². The first-order valence-electron chi connectivity index (χ1n) is 5.63. The summed E-state index contributed by atoms with van der Waals surface area (Å²) in [6.45, 7) is 7.60. The fraction of sp³-hybridized carbons (Fsp3) is 0.636. The molecule has 0 aliphatic rings. The van der Waals surface area contributed by atoms with Gasteiger partial charge in [-0.25, -0.2) is 9.97 Å². The minimum atomic E-state index is 0.615. The van der Waals surface area contributed by atoms with E-state index in [2.05, 4.69) is 34.2 Å². The largest absolute Gasteiger partial charge is 0.478 e. The first kappa shape index (κ1) is 12.7. The summed E-state index contributed by atoms with van der Waals surface area (Å²) in [5, 5.41) is 3.24. The van der Waals surface area contributed by atoms with Crippen molar-refractivity contribution >= 4 is 5.82 Å². The van der Waals surface area contributed by atoms with Gasteiger partial charge in [0.05, 0.1) is 6.61 Å². The molecule has 0 saturated carbocycles. The summed E-state index contributed by atoms with van der Waals surface area (Å²) in [5.74, 6) is 1.42. The molecule has 90 valence electrons. The van der Waals surface area contributed by atoms with Gasteiger partial charge in [0.1, 0.15) is 12.1 Å². The summed E-state index contributed by atoms with van der Waals surface area (Å²) in [7, 11) is 2.09. The van der Waals surface area contributed by atoms with E-state index in [1.165, 1.54) is 6.33 Å². The van der Waals surface area contributed by atoms with Gasteiger partial charge in [-0.3, -0.25) is 0 Å². The van der Waals surface area contributed by atoms with Crippen LogP contribution in [0.25, 0.3) is 0 Å². The molecule has 0 bridgehead atoms. The second kappa shape index (κ2) is 7.00. The van der Waals surface area contributed by atoms with Crippen molar-refractivity contribution in [1.82, 2.24) is 14.9 Å². The maximum absolute atomic E-state index is 5.29. The molecule has 0 fully saturated rings. The van der Waals surface area contributed by atoms with Crippen molar-refractivity contribution in [2.75, 3.05) is 38.6 Å². The number of ether oxygens (including phenoxy) is 1. The lowest BCUT2D eigenvalue weighted by atomic mass is 10.5. The van der Waals surface area contributed by atoms with Crippen LogP contribution in [0.4, 0.5) is 5.82 Å². The Morgan fingerprint density at radius 1 is 1.38 bits per heavy atom. The third kappa shape index (κ3) is 4.44. The van der Waals surface area contributed by atoms with Gasteiger partial charge in [0.25, 0.3) is 0 Å². The fourth-order valence-corrected chi connectivity index (χ4v) is 1.20. The highest BCUT2D eigenvalue weighted by atomic mass is 16.5. The average molecular weight is 224 g/mol. The number of hydrogen-bond acceptors (Lipinski definition) is 5. The van der Waals surface area contributed by atoms with Crippen molar-refractivity contribution in [3.63, 3.8) is 0 Å². The van der Waals surface area contributed by atoms with Crippen LogP contribution in [0.1, 0.15) is 13.8 Å². The third-order valence-corrected chi connectivity index (χ3v) is 2.27. The molecular formula is C11H20N4O. The molecule has 0 atom stereocenters. The quantitative estimate of drug-likeness (QED) is 0.755. The molecule has 0 spiro atoms. The van der Waals surface area contributed by atoms with Gasteiger partial charge >= 0.3 is 0 Å². The van der Waals surface area contributed by atoms with Crippen LogP contribution in [0.3, 0.4) is 0 Å². The molecule has 0 amide bonds. The van der Waals surface area contributed by atoms with E-state index in [-0.39, 0.29) is 0 Å². The molecule has 1 aromatic heterocycles. The number of aromatic nitrogens is 2. The number of anilines is 1. The highest BCUT2D eigenvalue weighted by molar-refractivity contribution is 5.36. The summed E-state index contributed by atoms with van der Waals surface area (Å²) in [6.07, 6.45) is 1.51. The molecule has 16 heavy (non-hydrogen) atoms. The van der Waals surface area contributed by atoms with Crippen LogP contribution in [0.2, 0.25) is 0 Å². The standard InChI is InChI=1S/C11H20N4O/c1-4-15(3)7-6-12-10-8-11(16-5-2)14-9-13-10/h8-9H,4-7H2,1-3H3,(H,12,13,14). The van der Waals surface area contributed by atoms with Gasteiger partial charge in [-0.15, -0.1) is 0 Å². The number of nitrogens with one attached hydrogen (secondary N) is 1. The Balaban J connectivity index is 2.38. The van der Waals surface area contributed by atoms with E-state index >= 15 is 0 Å². The van der Waals surface area contributed by atoms with Crippen LogP contribution in [-0.2, 0) is 0 Å². The predicted molar refractivity (Wildman–Crippen MR) is 64.9 cm³/mol. The lowest BCUT2D eigenvalue weighted by molar-refractivity contribution is 0.326. The van der Waals surface area contributed by atoms with E-state index in [0.29, 0.717) is 12.5 Å². The normalized spacial score (nSPS) is 10.5. The first-order valence-corrected chi connectivity index (χ1v) is 5.63. The second-order valence-corrected chi connectivity index (χ2v) is 3.50. The van der Waals surface area contributed by atoms with Crippen molar-refractivity contribution in [3.05, 3.63) is 12.4 Å². The molecule has 1 heterocycles. The summed E-state index contributed by atoms with van der Waals surface area (Å²) < 4.78 is 5.29. The van der Waals surface area contributed by atoms with Gasteiger partial charge in [0.2, 0.25) is 5.88 Å². The molecule has 0 saturated heterocycles. The summed E-state index contributed by atoms with van der Waals surface area (Å²) in [4.78, 5) is 10.4. The lowest BCUT2D eigenvalue weighted by Gasteiger charge is -2.14. The maximum Gasteiger partial charge on any atom is 0.218 e. The van der Waals surface area contributed by atoms with Crippen LogP contribution in [0, 0.1) is 0 Å². The summed E-state index contributed by atoms with van der Waals surface area (Å²) >= 11 is 0. The van der Waals surface area contributed by atoms with E-state index in [1.807, 2.05) is 13.0 Å². The van der Waals surface area contributed by atoms with Crippen LogP contribution >= 0.6 is 0 Å². The van der Waals surface area contributed by atoms with E-state index in [4.69, 9.17) is 4.74 Å². The SMILES string of the molecule is CCOc1cc(NCCN(C)CC)ncn1. The Hall–Kier alpha value is -1.36. The van der Waals surface area contributed by atoms with Gasteiger partial charge in [0.15, 0.2) is 0 Å². The molecule has 1 aromatic rings. The van der Waals surface area contributed by atoms with Crippen molar-refractivity contribution in [1.29, 1.82) is 0 Å². The highest BCUT2D eigenvalue weighted by Crippen LogP contribution is 2.10. The molecule has 1 rings (SSSR count). The van der Waals surface area contributed by atoms with Crippen LogP contribution in [0.15, 0.2) is 12.4 Å². The molecule has 0 aromatic carbocycles. The molecule has 0 unspecified atom stereocenters. The van der Waals surface area contributed by atoms with Crippen molar-refractivity contribution in [3.8, 4) is 5.88 Å². The van der Waals surface area contributed by atoms with Gasteiger partial charge in [-0.05, 0) is 20.5 Å². The number of rotatable bonds is 7. The Kier molecular flexibility index (Phi) is 5.56. The Morgan fingerprint density at radius 2 is 2.19 bits per heavy atom. The van der Waals surface area contributed by atoms with E-state index < -0.39 is 0 Å². The van der Waals surface area contributed by atoms with Crippen LogP contribution in [0.5, 0.6) is 5.88 Å². The molecule has 0 aliphatic carbocycles. The molecule has 1 N–H and O–H groups in total. The van der Waals surface area contributed by atoms with Gasteiger partial charge in [0, 0.05) is 19.2 Å². The monoisotopic (exact) mass is 224 g/mol. The molecule has 5 nitrogen and oxygen atoms in total. The molecule has 0 radical (unpaired) electrons. The van der Waals surface area contributed by atoms with Crippen molar-refractivity contribution in [2.45, 2.75) is 13.8 Å². The van der Waals surface area contributed by atoms with Gasteiger partial charge in [-0.1, -0.05) is 6.92 Å². The topological polar surface area (TPSA) is 50.3 Å². The highest BCUT2D eigenvalue weighted by Gasteiger charge is 1.99. The predicted octanol–water partition coefficient (Wildman–Crippen LogP) is 1.24. The first-order chi connectivity index (χ1) is 7.76. The van der Waals surface area contributed by atoms with Crippen LogP contribution < -0.4 is 10.1 Å². The zero-order valence-corrected chi connectivity index (χ0v) is 10.2. The summed E-state index contributed by atoms with van der Waals surface area (Å²) in [6, 6.07) is 1.81. The fourth-order valence-electron chi connectivity index (χ4n) is 1.20. The lowest BCUT2D eigenvalue weighted by Crippen LogP contribution is -2.24. The van der Waals surface area contributed by atoms with Crippen LogP contribution in [-0.4, -0.2) is 48.2 Å². The zero-order valence-electron chi connectivity index (χ0n) is 10.2. The summed E-state index contributed by atoms with van der Waals surface area (Å²) in [5.41, 5.74) is 0. The third-order valence-electron chi connectivity index (χ3n) is 2.27.